The molecule has 1 unspecified atom stereocenters. The molecule has 3 N–H and O–H groups in total. The van der Waals surface area contributed by atoms with Crippen LogP contribution in [-0.4, -0.2) is 28.2 Å². The lowest BCUT2D eigenvalue weighted by Gasteiger charge is -2.15. The Bertz CT molecular complexity index is 640. The molecule has 0 saturated carbocycles. The minimum atomic E-state index is -0.419. The van der Waals surface area contributed by atoms with Crippen molar-refractivity contribution in [1.29, 1.82) is 0 Å². The highest BCUT2D eigenvalue weighted by molar-refractivity contribution is 6.06. The molecule has 0 heterocycles. The van der Waals surface area contributed by atoms with Gasteiger partial charge < -0.3 is 20.1 Å². The van der Waals surface area contributed by atoms with Gasteiger partial charge in [-0.3, -0.25) is 4.79 Å². The highest BCUT2D eigenvalue weighted by atomic mass is 16.5. The average molecular weight is 288 g/mol. The number of methoxy groups -OCH3 is 1. The second kappa shape index (κ2) is 6.17. The zero-order valence-corrected chi connectivity index (χ0v) is 11.5. The molecular formula is C16H16O5. The summed E-state index contributed by atoms with van der Waals surface area (Å²) in [5.74, 6) is -0.289. The van der Waals surface area contributed by atoms with Crippen molar-refractivity contribution in [3.05, 3.63) is 59.6 Å². The zero-order chi connectivity index (χ0) is 15.4. The molecule has 2 rings (SSSR count). The van der Waals surface area contributed by atoms with Crippen LogP contribution in [-0.2, 0) is 4.74 Å². The fourth-order valence-corrected chi connectivity index (χ4v) is 2.04. The van der Waals surface area contributed by atoms with E-state index in [9.17, 15) is 20.1 Å². The second-order valence-corrected chi connectivity index (χ2v) is 4.67. The van der Waals surface area contributed by atoms with Crippen LogP contribution in [0.25, 0.3) is 0 Å². The summed E-state index contributed by atoms with van der Waals surface area (Å²) >= 11 is 0. The molecule has 0 aliphatic heterocycles. The molecule has 21 heavy (non-hydrogen) atoms. The van der Waals surface area contributed by atoms with Crippen LogP contribution >= 0.6 is 0 Å². The number of allylic oxidation sites excluding steroid dienone is 5. The summed E-state index contributed by atoms with van der Waals surface area (Å²) in [6, 6.07) is 3.77. The van der Waals surface area contributed by atoms with Crippen LogP contribution in [0.2, 0.25) is 0 Å². The van der Waals surface area contributed by atoms with Gasteiger partial charge in [0, 0.05) is 12.3 Å². The first-order valence-electron chi connectivity index (χ1n) is 6.40. The van der Waals surface area contributed by atoms with Gasteiger partial charge in [-0.2, -0.15) is 0 Å². The maximum absolute atomic E-state index is 12.0. The summed E-state index contributed by atoms with van der Waals surface area (Å²) in [5, 5.41) is 28.7. The van der Waals surface area contributed by atoms with Gasteiger partial charge in [0.05, 0.1) is 12.7 Å². The number of aliphatic hydroxyl groups is 1. The molecule has 0 aromatic heterocycles. The van der Waals surface area contributed by atoms with Crippen molar-refractivity contribution in [3.8, 4) is 11.5 Å². The fourth-order valence-electron chi connectivity index (χ4n) is 2.04. The number of carbonyl (C=O) groups is 1. The van der Waals surface area contributed by atoms with Crippen molar-refractivity contribution in [2.24, 2.45) is 5.92 Å². The SMILES string of the molecule is COC1=C(O)CC(C=CC(=O)c2cc(O)ccc2O)C=C1. The van der Waals surface area contributed by atoms with Gasteiger partial charge in [-0.05, 0) is 30.4 Å². The standard InChI is InChI=1S/C16H16O5/c1-21-16-7-3-10(8-15(16)20)2-5-13(18)12-9-11(17)4-6-14(12)19/h2-7,9-10,17,19-20H,8H2,1H3. The molecule has 0 spiro atoms. The Balaban J connectivity index is 2.09. The molecule has 5 nitrogen and oxygen atoms in total. The van der Waals surface area contributed by atoms with Gasteiger partial charge in [-0.1, -0.05) is 12.2 Å². The summed E-state index contributed by atoms with van der Waals surface area (Å²) in [6.07, 6.45) is 6.74. The van der Waals surface area contributed by atoms with Gasteiger partial charge in [0.2, 0.25) is 0 Å². The summed E-state index contributed by atoms with van der Waals surface area (Å²) in [6.45, 7) is 0. The van der Waals surface area contributed by atoms with Crippen LogP contribution in [0.5, 0.6) is 11.5 Å². The number of ether oxygens (including phenoxy) is 1. The number of hydrogen-bond donors (Lipinski definition) is 3. The minimum absolute atomic E-state index is 0.0309. The lowest BCUT2D eigenvalue weighted by atomic mass is 9.97. The number of ketones is 1. The maximum Gasteiger partial charge on any atom is 0.189 e. The highest BCUT2D eigenvalue weighted by Gasteiger charge is 2.15. The predicted octanol–water partition coefficient (Wildman–Crippen LogP) is 2.83. The van der Waals surface area contributed by atoms with Crippen molar-refractivity contribution in [2.45, 2.75) is 6.42 Å². The second-order valence-electron chi connectivity index (χ2n) is 4.67. The third-order valence-corrected chi connectivity index (χ3v) is 3.17. The number of aliphatic hydroxyl groups excluding tert-OH is 1. The van der Waals surface area contributed by atoms with Gasteiger partial charge >= 0.3 is 0 Å². The van der Waals surface area contributed by atoms with Crippen molar-refractivity contribution in [1.82, 2.24) is 0 Å². The van der Waals surface area contributed by atoms with Crippen molar-refractivity contribution < 1.29 is 24.9 Å². The summed E-state index contributed by atoms with van der Waals surface area (Å²) in [5.41, 5.74) is 0.0309. The Kier molecular flexibility index (Phi) is 4.33. The quantitative estimate of drug-likeness (QED) is 0.450. The van der Waals surface area contributed by atoms with E-state index in [0.29, 0.717) is 12.2 Å². The number of phenols is 2. The summed E-state index contributed by atoms with van der Waals surface area (Å²) < 4.78 is 4.97. The van der Waals surface area contributed by atoms with Crippen LogP contribution in [0.1, 0.15) is 16.8 Å². The van der Waals surface area contributed by atoms with Crippen molar-refractivity contribution in [2.75, 3.05) is 7.11 Å². The Morgan fingerprint density at radius 1 is 1.33 bits per heavy atom. The van der Waals surface area contributed by atoms with E-state index < -0.39 is 5.78 Å². The van der Waals surface area contributed by atoms with Gasteiger partial charge in [0.25, 0.3) is 0 Å². The predicted molar refractivity (Wildman–Crippen MR) is 77.2 cm³/mol. The zero-order valence-electron chi connectivity index (χ0n) is 11.5. The number of carbonyl (C=O) groups excluding carboxylic acids is 1. The molecule has 0 fully saturated rings. The highest BCUT2D eigenvalue weighted by Crippen LogP contribution is 2.25. The molecule has 1 aliphatic rings. The molecule has 1 aliphatic carbocycles. The first kappa shape index (κ1) is 14.7. The lowest BCUT2D eigenvalue weighted by molar-refractivity contribution is 0.104. The maximum atomic E-state index is 12.0. The van der Waals surface area contributed by atoms with E-state index >= 15 is 0 Å². The normalized spacial score (nSPS) is 18.2. The number of hydrogen-bond acceptors (Lipinski definition) is 5. The van der Waals surface area contributed by atoms with E-state index in [-0.39, 0.29) is 28.7 Å². The van der Waals surface area contributed by atoms with E-state index in [1.165, 1.54) is 31.4 Å². The molecule has 1 aromatic rings. The topological polar surface area (TPSA) is 87.0 Å². The number of benzene rings is 1. The van der Waals surface area contributed by atoms with E-state index in [1.54, 1.807) is 12.2 Å². The molecule has 0 saturated heterocycles. The summed E-state index contributed by atoms with van der Waals surface area (Å²) in [4.78, 5) is 12.0. The molecule has 110 valence electrons. The van der Waals surface area contributed by atoms with Gasteiger partial charge in [-0.15, -0.1) is 0 Å². The van der Waals surface area contributed by atoms with Crippen LogP contribution in [0.3, 0.4) is 0 Å². The molecule has 0 radical (unpaired) electrons. The monoisotopic (exact) mass is 288 g/mol. The molecule has 1 aromatic carbocycles. The molecule has 5 heteroatoms. The van der Waals surface area contributed by atoms with Crippen LogP contribution in [0.4, 0.5) is 0 Å². The Hall–Kier alpha value is -2.69. The molecule has 0 bridgehead atoms. The Morgan fingerprint density at radius 3 is 2.76 bits per heavy atom. The van der Waals surface area contributed by atoms with Crippen molar-refractivity contribution in [3.63, 3.8) is 0 Å². The van der Waals surface area contributed by atoms with Crippen molar-refractivity contribution >= 4 is 5.78 Å². The lowest BCUT2D eigenvalue weighted by Crippen LogP contribution is -2.05. The Labute approximate surface area is 122 Å². The van der Waals surface area contributed by atoms with E-state index in [1.807, 2.05) is 6.08 Å². The van der Waals surface area contributed by atoms with Gasteiger partial charge in [0.1, 0.15) is 17.3 Å². The molecular weight excluding hydrogens is 272 g/mol. The minimum Gasteiger partial charge on any atom is -0.508 e. The van der Waals surface area contributed by atoms with E-state index in [4.69, 9.17) is 4.74 Å². The van der Waals surface area contributed by atoms with Crippen LogP contribution < -0.4 is 0 Å². The van der Waals surface area contributed by atoms with E-state index in [2.05, 4.69) is 0 Å². The fraction of sp³-hybridized carbons (Fsp3) is 0.188. The van der Waals surface area contributed by atoms with Gasteiger partial charge in [-0.25, -0.2) is 0 Å². The number of aromatic hydroxyl groups is 2. The third-order valence-electron chi connectivity index (χ3n) is 3.17. The first-order chi connectivity index (χ1) is 10.0. The van der Waals surface area contributed by atoms with E-state index in [0.717, 1.165) is 0 Å². The molecule has 0 amide bonds. The largest absolute Gasteiger partial charge is 0.508 e. The number of rotatable bonds is 4. The average Bonchev–Trinajstić information content (AvgIpc) is 2.47. The molecule has 1 atom stereocenters. The summed E-state index contributed by atoms with van der Waals surface area (Å²) in [7, 11) is 1.47. The van der Waals surface area contributed by atoms with Crippen LogP contribution in [0, 0.1) is 5.92 Å². The first-order valence-corrected chi connectivity index (χ1v) is 6.40. The number of phenolic OH excluding ortho intramolecular Hbond substituents is 2. The third kappa shape index (κ3) is 3.45. The van der Waals surface area contributed by atoms with Crippen LogP contribution in [0.15, 0.2) is 54.0 Å². The van der Waals surface area contributed by atoms with Gasteiger partial charge in [0.15, 0.2) is 11.5 Å². The smallest absolute Gasteiger partial charge is 0.189 e. The Morgan fingerprint density at radius 2 is 2.10 bits per heavy atom.